The van der Waals surface area contributed by atoms with Crippen molar-refractivity contribution in [3.05, 3.63) is 96.6 Å². The molecule has 0 amide bonds. The fourth-order valence-corrected chi connectivity index (χ4v) is 18.3. The van der Waals surface area contributed by atoms with E-state index in [0.717, 1.165) is 15.9 Å². The molecule has 1 N–H and O–H groups in total. The first kappa shape index (κ1) is 65.8. The second-order valence-corrected chi connectivity index (χ2v) is 35.7. The molecular formula is C64H96O15Si2. The minimum atomic E-state index is -3.42. The van der Waals surface area contributed by atoms with Crippen LogP contribution in [0.4, 0.5) is 0 Å². The van der Waals surface area contributed by atoms with Crippen molar-refractivity contribution in [3.8, 4) is 0 Å². The Morgan fingerprint density at radius 2 is 1.44 bits per heavy atom. The van der Waals surface area contributed by atoms with Gasteiger partial charge < -0.3 is 51.9 Å². The number of hydrogen-bond donors (Lipinski definition) is 1. The quantitative estimate of drug-likeness (QED) is 0.0657. The van der Waals surface area contributed by atoms with E-state index in [9.17, 15) is 19.5 Å². The first-order valence-corrected chi connectivity index (χ1v) is 33.9. The van der Waals surface area contributed by atoms with Gasteiger partial charge in [0, 0.05) is 51.2 Å². The number of cyclic esters (lactones) is 1. The molecule has 450 valence electrons. The Bertz CT molecular complexity index is 2530. The number of fused-ring (bicyclic) bond motifs is 6. The van der Waals surface area contributed by atoms with Gasteiger partial charge in [-0.15, -0.1) is 0 Å². The first-order valence-electron chi connectivity index (χ1n) is 29.1. The molecule has 81 heavy (non-hydrogen) atoms. The van der Waals surface area contributed by atoms with E-state index >= 15 is 4.79 Å². The Morgan fingerprint density at radius 3 is 1.99 bits per heavy atom. The molecule has 17 heteroatoms. The molecule has 6 bridgehead atoms. The summed E-state index contributed by atoms with van der Waals surface area (Å²) in [7, 11) is -3.14. The molecule has 4 aliphatic rings. The lowest BCUT2D eigenvalue weighted by Crippen LogP contribution is -2.68. The van der Waals surface area contributed by atoms with Gasteiger partial charge in [0.2, 0.25) is 5.79 Å². The zero-order valence-electron chi connectivity index (χ0n) is 51.6. The van der Waals surface area contributed by atoms with Crippen molar-refractivity contribution in [1.82, 2.24) is 0 Å². The predicted octanol–water partition coefficient (Wildman–Crippen LogP) is 10.9. The van der Waals surface area contributed by atoms with E-state index in [1.165, 1.54) is 20.1 Å². The van der Waals surface area contributed by atoms with E-state index in [-0.39, 0.29) is 55.6 Å². The van der Waals surface area contributed by atoms with Gasteiger partial charge in [-0.1, -0.05) is 161 Å². The topological polar surface area (TPSA) is 181 Å². The zero-order chi connectivity index (χ0) is 60.1. The van der Waals surface area contributed by atoms with Crippen LogP contribution in [0.1, 0.15) is 154 Å². The lowest BCUT2D eigenvalue weighted by Gasteiger charge is -2.56. The molecule has 2 aromatic rings. The molecule has 4 aliphatic heterocycles. The summed E-state index contributed by atoms with van der Waals surface area (Å²) < 4.78 is 67.3. The SMILES string of the molecule is C=C1C[C@H]2C[C@]3(OC)O[C@H](C[C@@H](O[Si](c4ccccc4)(c4ccccc4)C(C)(C)C)CC(=O)O[C@@H]([C@@H](C)O[Si](C)(C)C(C)(C)C)C[C@@H]4C/C(=C\C(=O)OC)[C@H](OC(=O)CCC)[C@@](O)(O4)C(C)(C)/C=C/[C@@H](C1)O2)C[C@H](OC(C)=O)C3(C)C. The van der Waals surface area contributed by atoms with Gasteiger partial charge in [-0.05, 0) is 78.1 Å². The first-order chi connectivity index (χ1) is 37.7. The summed E-state index contributed by atoms with van der Waals surface area (Å²) >= 11 is 0. The Kier molecular flexibility index (Phi) is 21.1. The van der Waals surface area contributed by atoms with Crippen molar-refractivity contribution in [2.45, 2.75) is 244 Å². The number of esters is 4. The van der Waals surface area contributed by atoms with Crippen LogP contribution >= 0.6 is 0 Å². The molecule has 3 fully saturated rings. The largest absolute Gasteiger partial charge is 0.466 e. The molecular weight excluding hydrogens is 1060 g/mol. The highest BCUT2D eigenvalue weighted by molar-refractivity contribution is 6.99. The average molecular weight is 1160 g/mol. The van der Waals surface area contributed by atoms with Gasteiger partial charge in [0.05, 0.1) is 55.6 Å². The van der Waals surface area contributed by atoms with E-state index in [4.69, 9.17) is 46.7 Å². The molecule has 11 atom stereocenters. The van der Waals surface area contributed by atoms with E-state index < -0.39 is 123 Å². The lowest BCUT2D eigenvalue weighted by molar-refractivity contribution is -0.358. The highest BCUT2D eigenvalue weighted by atomic mass is 28.4. The number of benzene rings is 2. The Labute approximate surface area is 485 Å². The van der Waals surface area contributed by atoms with E-state index in [1.807, 2.05) is 70.2 Å². The maximum atomic E-state index is 15.5. The summed E-state index contributed by atoms with van der Waals surface area (Å²) in [6, 6.07) is 20.4. The number of carbonyl (C=O) groups excluding carboxylic acids is 4. The molecule has 15 nitrogen and oxygen atoms in total. The minimum Gasteiger partial charge on any atom is -0.466 e. The van der Waals surface area contributed by atoms with E-state index in [0.29, 0.717) is 19.3 Å². The zero-order valence-corrected chi connectivity index (χ0v) is 53.6. The molecule has 0 saturated carbocycles. The van der Waals surface area contributed by atoms with Crippen molar-refractivity contribution < 1.29 is 71.0 Å². The number of carbonyl (C=O) groups is 4. The molecule has 0 radical (unpaired) electrons. The molecule has 0 unspecified atom stereocenters. The fourth-order valence-electron chi connectivity index (χ4n) is 12.1. The van der Waals surface area contributed by atoms with E-state index in [1.54, 1.807) is 27.0 Å². The number of methoxy groups -OCH3 is 2. The highest BCUT2D eigenvalue weighted by Crippen LogP contribution is 2.52. The second-order valence-electron chi connectivity index (χ2n) is 26.7. The summed E-state index contributed by atoms with van der Waals surface area (Å²) in [5.74, 6) is -6.09. The smallest absolute Gasteiger partial charge is 0.330 e. The van der Waals surface area contributed by atoms with Crippen LogP contribution < -0.4 is 10.4 Å². The molecule has 4 heterocycles. The normalized spacial score (nSPS) is 31.0. The lowest BCUT2D eigenvalue weighted by atomic mass is 9.70. The Balaban J connectivity index is 1.61. The van der Waals surface area contributed by atoms with Gasteiger partial charge in [-0.25, -0.2) is 4.79 Å². The second kappa shape index (κ2) is 25.9. The van der Waals surface area contributed by atoms with Crippen LogP contribution in [0, 0.1) is 10.8 Å². The summed E-state index contributed by atoms with van der Waals surface area (Å²) in [6.07, 6.45) is -0.714. The third-order valence-electron chi connectivity index (χ3n) is 17.8. The molecule has 6 rings (SSSR count). The van der Waals surface area contributed by atoms with Gasteiger partial charge in [0.15, 0.2) is 20.2 Å². The average Bonchev–Trinajstić information content (AvgIpc) is 3.55. The molecule has 0 aliphatic carbocycles. The van der Waals surface area contributed by atoms with Crippen molar-refractivity contribution in [1.29, 1.82) is 0 Å². The molecule has 0 spiro atoms. The van der Waals surface area contributed by atoms with Gasteiger partial charge in [-0.3, -0.25) is 14.4 Å². The summed E-state index contributed by atoms with van der Waals surface area (Å²) in [6.45, 7) is 34.3. The third kappa shape index (κ3) is 14.8. The van der Waals surface area contributed by atoms with Gasteiger partial charge >= 0.3 is 23.9 Å². The predicted molar refractivity (Wildman–Crippen MR) is 316 cm³/mol. The third-order valence-corrected chi connectivity index (χ3v) is 27.4. The van der Waals surface area contributed by atoms with Crippen LogP contribution in [0.3, 0.4) is 0 Å². The molecule has 0 aromatic heterocycles. The fraction of sp³-hybridized carbons (Fsp3) is 0.656. The minimum absolute atomic E-state index is 0.00487. The van der Waals surface area contributed by atoms with Gasteiger partial charge in [-0.2, -0.15) is 0 Å². The standard InChI is InChI=1S/C64H96O15Si2/c1-19-26-55(66)75-58-45(36-56(67)70-15)35-47-38-53(43(3)78-80(17,18)59(5,6)7)74-57(68)40-49(79-81(60(8,9)10,51-27-22-20-23-28-51)52-29-24-21-25-30-52)37-48-39-54(72-44(4)65)62(13,14)63(71-16,76-48)41-50-34-42(2)33-46(73-50)31-32-61(11,12)64(58,69)77-47/h20-25,27-32,36,43,46-50,53-54,58,69H,2,19,26,33-35,37-41H2,1,3-18H3/b32-31+,45-36+/t43-,46+,47+,48-,49-,50+,53-,54+,58+,63+,64-/m1/s1. The number of rotatable bonds is 13. The molecule has 2 aromatic carbocycles. The van der Waals surface area contributed by atoms with Crippen molar-refractivity contribution in [2.24, 2.45) is 10.8 Å². The van der Waals surface area contributed by atoms with Crippen molar-refractivity contribution in [3.63, 3.8) is 0 Å². The molecule has 3 saturated heterocycles. The van der Waals surface area contributed by atoms with Gasteiger partial charge in [0.25, 0.3) is 8.32 Å². The maximum absolute atomic E-state index is 15.5. The van der Waals surface area contributed by atoms with Gasteiger partial charge in [0.1, 0.15) is 12.2 Å². The van der Waals surface area contributed by atoms with Crippen LogP contribution in [0.25, 0.3) is 0 Å². The Morgan fingerprint density at radius 1 is 0.827 bits per heavy atom. The number of hydrogen-bond acceptors (Lipinski definition) is 15. The highest BCUT2D eigenvalue weighted by Gasteiger charge is 2.61. The van der Waals surface area contributed by atoms with Crippen molar-refractivity contribution >= 4 is 50.9 Å². The summed E-state index contributed by atoms with van der Waals surface area (Å²) in [5.41, 5.74) is -1.14. The maximum Gasteiger partial charge on any atom is 0.330 e. The van der Waals surface area contributed by atoms with Crippen LogP contribution in [-0.2, 0) is 65.9 Å². The van der Waals surface area contributed by atoms with Crippen LogP contribution in [0.5, 0.6) is 0 Å². The summed E-state index contributed by atoms with van der Waals surface area (Å²) in [4.78, 5) is 55.6. The number of aliphatic hydroxyl groups is 1. The Hall–Kier alpha value is -4.31. The van der Waals surface area contributed by atoms with Crippen LogP contribution in [0.15, 0.2) is 96.6 Å². The summed E-state index contributed by atoms with van der Waals surface area (Å²) in [5, 5.41) is 14.7. The number of ether oxygens (including phenoxy) is 8. The van der Waals surface area contributed by atoms with Crippen molar-refractivity contribution in [2.75, 3.05) is 14.2 Å². The van der Waals surface area contributed by atoms with Crippen LogP contribution in [0.2, 0.25) is 23.2 Å². The monoisotopic (exact) mass is 1160 g/mol. The van der Waals surface area contributed by atoms with Crippen LogP contribution in [-0.4, -0.2) is 126 Å². The van der Waals surface area contributed by atoms with E-state index in [2.05, 4.69) is 85.5 Å².